The van der Waals surface area contributed by atoms with Crippen molar-refractivity contribution in [2.24, 2.45) is 0 Å². The van der Waals surface area contributed by atoms with Crippen LogP contribution in [-0.4, -0.2) is 46.3 Å². The van der Waals surface area contributed by atoms with Crippen molar-refractivity contribution >= 4 is 5.97 Å². The summed E-state index contributed by atoms with van der Waals surface area (Å²) in [5.74, 6) is -0.801. The highest BCUT2D eigenvalue weighted by molar-refractivity contribution is 5.74. The van der Waals surface area contributed by atoms with Crippen molar-refractivity contribution < 1.29 is 15.0 Å². The molecule has 0 aromatic carbocycles. The minimum absolute atomic E-state index is 0.379. The van der Waals surface area contributed by atoms with Crippen LogP contribution < -0.4 is 0 Å². The number of nitrogens with zero attached hydrogens (tertiary/aromatic N) is 1. The molecule has 2 N–H and O–H groups in total. The van der Waals surface area contributed by atoms with Crippen LogP contribution in [0.25, 0.3) is 0 Å². The molecule has 4 nitrogen and oxygen atoms in total. The molecule has 0 unspecified atom stereocenters. The van der Waals surface area contributed by atoms with E-state index in [0.29, 0.717) is 13.0 Å². The Morgan fingerprint density at radius 1 is 1.31 bits per heavy atom. The van der Waals surface area contributed by atoms with E-state index in [-0.39, 0.29) is 0 Å². The largest absolute Gasteiger partial charge is 0.480 e. The van der Waals surface area contributed by atoms with Crippen molar-refractivity contribution in [2.75, 3.05) is 13.1 Å². The third kappa shape index (κ3) is 4.10. The molecule has 1 aliphatic heterocycles. The Labute approximate surface area is 97.3 Å². The van der Waals surface area contributed by atoms with Gasteiger partial charge in [-0.2, -0.15) is 0 Å². The van der Waals surface area contributed by atoms with Gasteiger partial charge in [0.05, 0.1) is 6.10 Å². The molecule has 0 amide bonds. The highest BCUT2D eigenvalue weighted by atomic mass is 16.4. The molecule has 1 rings (SSSR count). The molecular formula is C12H23NO3. The predicted octanol–water partition coefficient (Wildman–Crippen LogP) is 1.48. The Kier molecular flexibility index (Phi) is 5.77. The van der Waals surface area contributed by atoms with Crippen molar-refractivity contribution in [3.05, 3.63) is 0 Å². The number of carboxylic acid groups (broad SMARTS) is 1. The molecule has 0 radical (unpaired) electrons. The zero-order valence-electron chi connectivity index (χ0n) is 10.1. The Morgan fingerprint density at radius 2 is 2.00 bits per heavy atom. The summed E-state index contributed by atoms with van der Waals surface area (Å²) in [6.07, 6.45) is 5.82. The van der Waals surface area contributed by atoms with Gasteiger partial charge in [0.2, 0.25) is 0 Å². The van der Waals surface area contributed by atoms with Crippen molar-refractivity contribution in [3.63, 3.8) is 0 Å². The fourth-order valence-electron chi connectivity index (χ4n) is 2.30. The Hall–Kier alpha value is -0.610. The second-order valence-electron chi connectivity index (χ2n) is 4.65. The van der Waals surface area contributed by atoms with E-state index < -0.39 is 18.1 Å². The standard InChI is InChI=1S/C12H23NO3/c1-2-3-4-5-6-7-13-9-10(14)8-11(13)12(15)16/h10-11,14H,2-9H2,1H3,(H,15,16)/t10-,11-/m0/s1. The maximum Gasteiger partial charge on any atom is 0.321 e. The molecule has 1 aliphatic rings. The van der Waals surface area contributed by atoms with Crippen LogP contribution in [0.5, 0.6) is 0 Å². The Balaban J connectivity index is 2.21. The van der Waals surface area contributed by atoms with Crippen molar-refractivity contribution in [2.45, 2.75) is 57.6 Å². The molecule has 1 heterocycles. The van der Waals surface area contributed by atoms with E-state index in [9.17, 15) is 9.90 Å². The van der Waals surface area contributed by atoms with E-state index >= 15 is 0 Å². The van der Waals surface area contributed by atoms with Gasteiger partial charge in [-0.05, 0) is 13.0 Å². The van der Waals surface area contributed by atoms with Crippen LogP contribution in [0.15, 0.2) is 0 Å². The van der Waals surface area contributed by atoms with E-state index in [1.54, 1.807) is 0 Å². The van der Waals surface area contributed by atoms with Crippen LogP contribution in [0, 0.1) is 0 Å². The van der Waals surface area contributed by atoms with Crippen molar-refractivity contribution in [1.29, 1.82) is 0 Å². The number of rotatable bonds is 7. The van der Waals surface area contributed by atoms with E-state index in [0.717, 1.165) is 19.4 Å². The van der Waals surface area contributed by atoms with Crippen LogP contribution in [0.4, 0.5) is 0 Å². The summed E-state index contributed by atoms with van der Waals surface area (Å²) in [4.78, 5) is 12.8. The van der Waals surface area contributed by atoms with E-state index in [2.05, 4.69) is 6.92 Å². The Bertz CT molecular complexity index is 220. The number of hydrogen-bond donors (Lipinski definition) is 2. The monoisotopic (exact) mass is 229 g/mol. The number of carboxylic acids is 1. The Morgan fingerprint density at radius 3 is 2.62 bits per heavy atom. The topological polar surface area (TPSA) is 60.8 Å². The van der Waals surface area contributed by atoms with Gasteiger partial charge in [-0.15, -0.1) is 0 Å². The van der Waals surface area contributed by atoms with Gasteiger partial charge in [0, 0.05) is 13.0 Å². The molecule has 0 spiro atoms. The van der Waals surface area contributed by atoms with Crippen LogP contribution in [-0.2, 0) is 4.79 Å². The van der Waals surface area contributed by atoms with Gasteiger partial charge in [0.1, 0.15) is 6.04 Å². The number of unbranched alkanes of at least 4 members (excludes halogenated alkanes) is 4. The number of likely N-dealkylation sites (tertiary alicyclic amines) is 1. The highest BCUT2D eigenvalue weighted by Crippen LogP contribution is 2.19. The molecule has 2 atom stereocenters. The molecule has 0 aromatic heterocycles. The molecule has 1 saturated heterocycles. The summed E-state index contributed by atoms with van der Waals surface area (Å²) < 4.78 is 0. The van der Waals surface area contributed by atoms with Gasteiger partial charge < -0.3 is 10.2 Å². The molecule has 1 fully saturated rings. The fraction of sp³-hybridized carbons (Fsp3) is 0.917. The number of aliphatic carboxylic acids is 1. The van der Waals surface area contributed by atoms with Gasteiger partial charge in [-0.3, -0.25) is 9.69 Å². The van der Waals surface area contributed by atoms with Crippen LogP contribution in [0.2, 0.25) is 0 Å². The third-order valence-electron chi connectivity index (χ3n) is 3.22. The average molecular weight is 229 g/mol. The molecule has 0 bridgehead atoms. The lowest BCUT2D eigenvalue weighted by Gasteiger charge is -2.20. The second-order valence-corrected chi connectivity index (χ2v) is 4.65. The molecule has 0 aromatic rings. The molecule has 94 valence electrons. The smallest absolute Gasteiger partial charge is 0.321 e. The summed E-state index contributed by atoms with van der Waals surface area (Å²) >= 11 is 0. The first-order valence-electron chi connectivity index (χ1n) is 6.30. The molecule has 0 saturated carbocycles. The lowest BCUT2D eigenvalue weighted by molar-refractivity contribution is -0.142. The predicted molar refractivity (Wildman–Crippen MR) is 62.4 cm³/mol. The fourth-order valence-corrected chi connectivity index (χ4v) is 2.30. The van der Waals surface area contributed by atoms with Gasteiger partial charge >= 0.3 is 5.97 Å². The number of aliphatic hydroxyl groups excluding tert-OH is 1. The zero-order chi connectivity index (χ0) is 12.0. The minimum Gasteiger partial charge on any atom is -0.480 e. The molecule has 16 heavy (non-hydrogen) atoms. The highest BCUT2D eigenvalue weighted by Gasteiger charge is 2.35. The number of carbonyl (C=O) groups is 1. The second kappa shape index (κ2) is 6.86. The van der Waals surface area contributed by atoms with E-state index in [4.69, 9.17) is 5.11 Å². The summed E-state index contributed by atoms with van der Waals surface area (Å²) in [5.41, 5.74) is 0. The molecule has 4 heteroatoms. The van der Waals surface area contributed by atoms with Crippen LogP contribution in [0.1, 0.15) is 45.4 Å². The minimum atomic E-state index is -0.801. The van der Waals surface area contributed by atoms with Gasteiger partial charge in [0.25, 0.3) is 0 Å². The first-order valence-corrected chi connectivity index (χ1v) is 6.30. The lowest BCUT2D eigenvalue weighted by atomic mass is 10.1. The SMILES string of the molecule is CCCCCCCN1C[C@@H](O)C[C@H]1C(=O)O. The van der Waals surface area contributed by atoms with E-state index in [1.165, 1.54) is 19.3 Å². The average Bonchev–Trinajstić information content (AvgIpc) is 2.59. The molecular weight excluding hydrogens is 206 g/mol. The van der Waals surface area contributed by atoms with E-state index in [1.807, 2.05) is 4.90 Å². The van der Waals surface area contributed by atoms with Gasteiger partial charge in [-0.1, -0.05) is 32.6 Å². The lowest BCUT2D eigenvalue weighted by Crippen LogP contribution is -2.36. The van der Waals surface area contributed by atoms with Crippen LogP contribution in [0.3, 0.4) is 0 Å². The van der Waals surface area contributed by atoms with Crippen molar-refractivity contribution in [1.82, 2.24) is 4.90 Å². The number of β-amino-alcohol motifs (C(OH)–C–C–N with tert-alkyl or cyclic N) is 1. The number of hydrogen-bond acceptors (Lipinski definition) is 3. The summed E-state index contributed by atoms with van der Waals surface area (Å²) in [6.45, 7) is 3.50. The summed E-state index contributed by atoms with van der Waals surface area (Å²) in [6, 6.07) is -0.471. The summed E-state index contributed by atoms with van der Waals surface area (Å²) in [5, 5.41) is 18.4. The zero-order valence-corrected chi connectivity index (χ0v) is 10.1. The molecule has 0 aliphatic carbocycles. The number of aliphatic hydroxyl groups is 1. The normalized spacial score (nSPS) is 26.1. The van der Waals surface area contributed by atoms with Crippen LogP contribution >= 0.6 is 0 Å². The first kappa shape index (κ1) is 13.5. The third-order valence-corrected chi connectivity index (χ3v) is 3.22. The van der Waals surface area contributed by atoms with Gasteiger partial charge in [0.15, 0.2) is 0 Å². The quantitative estimate of drug-likeness (QED) is 0.649. The van der Waals surface area contributed by atoms with Gasteiger partial charge in [-0.25, -0.2) is 0 Å². The maximum absolute atomic E-state index is 10.9. The first-order chi connectivity index (χ1) is 7.65. The maximum atomic E-state index is 10.9. The van der Waals surface area contributed by atoms with Crippen molar-refractivity contribution in [3.8, 4) is 0 Å². The summed E-state index contributed by atoms with van der Waals surface area (Å²) in [7, 11) is 0.